The molecule has 2 heterocycles. The third kappa shape index (κ3) is 1.35. The van der Waals surface area contributed by atoms with E-state index in [0.717, 1.165) is 11.9 Å². The van der Waals surface area contributed by atoms with Crippen LogP contribution in [0, 0.1) is 6.92 Å². The van der Waals surface area contributed by atoms with E-state index in [1.807, 2.05) is 6.20 Å². The number of fused-ring (bicyclic) bond motifs is 1. The molecule has 3 heteroatoms. The first-order valence-electron chi connectivity index (χ1n) is 4.36. The van der Waals surface area contributed by atoms with Crippen molar-refractivity contribution in [1.29, 1.82) is 0 Å². The predicted molar refractivity (Wildman–Crippen MR) is 63.3 cm³/mol. The molecule has 0 aliphatic carbocycles. The molecule has 13 heavy (non-hydrogen) atoms. The number of nitrogens with zero attached hydrogens (tertiary/aromatic N) is 2. The smallest absolute Gasteiger partial charge is 0.0894 e. The SMILES string of the molecule is CCc1ccnc2cc(C)n(I)c12. The molecule has 0 fully saturated rings. The van der Waals surface area contributed by atoms with Crippen LogP contribution in [0.3, 0.4) is 0 Å². The summed E-state index contributed by atoms with van der Waals surface area (Å²) in [5.74, 6) is 0. The molecule has 0 atom stereocenters. The summed E-state index contributed by atoms with van der Waals surface area (Å²) >= 11 is 2.32. The van der Waals surface area contributed by atoms with Crippen LogP contribution in [0.25, 0.3) is 11.0 Å². The van der Waals surface area contributed by atoms with E-state index in [0.29, 0.717) is 0 Å². The minimum absolute atomic E-state index is 1.06. The zero-order valence-electron chi connectivity index (χ0n) is 7.71. The molecule has 0 N–H and O–H groups in total. The second kappa shape index (κ2) is 3.29. The summed E-state index contributed by atoms with van der Waals surface area (Å²) in [7, 11) is 0. The lowest BCUT2D eigenvalue weighted by Gasteiger charge is -2.01. The maximum Gasteiger partial charge on any atom is 0.0894 e. The van der Waals surface area contributed by atoms with Gasteiger partial charge in [-0.3, -0.25) is 7.76 Å². The van der Waals surface area contributed by atoms with Crippen molar-refractivity contribution in [3.8, 4) is 0 Å². The molecule has 0 saturated heterocycles. The summed E-state index contributed by atoms with van der Waals surface area (Å²) in [5.41, 5.74) is 4.99. The highest BCUT2D eigenvalue weighted by Crippen LogP contribution is 2.23. The Kier molecular flexibility index (Phi) is 2.27. The minimum atomic E-state index is 1.06. The third-order valence-corrected chi connectivity index (χ3v) is 3.51. The summed E-state index contributed by atoms with van der Waals surface area (Å²) in [5, 5.41) is 0. The summed E-state index contributed by atoms with van der Waals surface area (Å²) in [4.78, 5) is 4.35. The highest BCUT2D eigenvalue weighted by molar-refractivity contribution is 14.1. The number of halogens is 1. The van der Waals surface area contributed by atoms with Crippen molar-refractivity contribution in [3.63, 3.8) is 0 Å². The molecule has 2 nitrogen and oxygen atoms in total. The van der Waals surface area contributed by atoms with Crippen LogP contribution in [-0.4, -0.2) is 7.76 Å². The van der Waals surface area contributed by atoms with Gasteiger partial charge in [0.1, 0.15) is 0 Å². The Bertz CT molecular complexity index is 445. The number of hydrogen-bond donors (Lipinski definition) is 0. The van der Waals surface area contributed by atoms with Crippen molar-refractivity contribution in [2.24, 2.45) is 0 Å². The Morgan fingerprint density at radius 2 is 2.31 bits per heavy atom. The molecule has 0 amide bonds. The van der Waals surface area contributed by atoms with Gasteiger partial charge < -0.3 is 0 Å². The molecule has 2 aromatic heterocycles. The largest absolute Gasteiger partial charge is 0.285 e. The van der Waals surface area contributed by atoms with Crippen LogP contribution in [0.5, 0.6) is 0 Å². The van der Waals surface area contributed by atoms with E-state index in [2.05, 4.69) is 56.6 Å². The van der Waals surface area contributed by atoms with Crippen molar-refractivity contribution >= 4 is 33.9 Å². The maximum absolute atomic E-state index is 4.35. The number of hydrogen-bond acceptors (Lipinski definition) is 1. The molecule has 0 bridgehead atoms. The quantitative estimate of drug-likeness (QED) is 0.737. The van der Waals surface area contributed by atoms with E-state index in [1.54, 1.807) is 0 Å². The van der Waals surface area contributed by atoms with Gasteiger partial charge in [-0.15, -0.1) is 0 Å². The van der Waals surface area contributed by atoms with Crippen LogP contribution in [0.4, 0.5) is 0 Å². The average Bonchev–Trinajstić information content (AvgIpc) is 2.43. The lowest BCUT2D eigenvalue weighted by Crippen LogP contribution is -1.88. The minimum Gasteiger partial charge on any atom is -0.285 e. The fraction of sp³-hybridized carbons (Fsp3) is 0.300. The lowest BCUT2D eigenvalue weighted by molar-refractivity contribution is 1.13. The molecule has 2 rings (SSSR count). The van der Waals surface area contributed by atoms with Gasteiger partial charge in [-0.2, -0.15) is 0 Å². The van der Waals surface area contributed by atoms with Crippen molar-refractivity contribution in [2.75, 3.05) is 0 Å². The Morgan fingerprint density at radius 3 is 3.00 bits per heavy atom. The van der Waals surface area contributed by atoms with Crippen LogP contribution >= 0.6 is 22.9 Å². The van der Waals surface area contributed by atoms with Gasteiger partial charge >= 0.3 is 0 Å². The molecular formula is C10H11IN2. The first-order chi connectivity index (χ1) is 6.24. The molecule has 0 unspecified atom stereocenters. The molecule has 0 aromatic carbocycles. The summed E-state index contributed by atoms with van der Waals surface area (Å²) < 4.78 is 2.18. The normalized spacial score (nSPS) is 11.0. The Balaban J connectivity index is 2.87. The average molecular weight is 286 g/mol. The molecule has 0 spiro atoms. The first kappa shape index (κ1) is 8.99. The standard InChI is InChI=1S/C10H11IN2/c1-3-8-4-5-12-9-6-7(2)13(11)10(8)9/h4-6H,3H2,1-2H3. The van der Waals surface area contributed by atoms with E-state index < -0.39 is 0 Å². The van der Waals surface area contributed by atoms with Gasteiger partial charge in [-0.1, -0.05) is 6.92 Å². The van der Waals surface area contributed by atoms with Crippen molar-refractivity contribution < 1.29 is 0 Å². The van der Waals surface area contributed by atoms with Crippen LogP contribution < -0.4 is 0 Å². The zero-order valence-corrected chi connectivity index (χ0v) is 9.87. The molecule has 0 aliphatic heterocycles. The molecule has 2 aromatic rings. The number of aryl methyl sites for hydroxylation is 2. The van der Waals surface area contributed by atoms with Gasteiger partial charge in [-0.25, -0.2) is 0 Å². The third-order valence-electron chi connectivity index (χ3n) is 2.27. The van der Waals surface area contributed by atoms with Gasteiger partial charge in [0.15, 0.2) is 0 Å². The monoisotopic (exact) mass is 286 g/mol. The summed E-state index contributed by atoms with van der Waals surface area (Å²) in [6, 6.07) is 4.22. The van der Waals surface area contributed by atoms with E-state index >= 15 is 0 Å². The number of rotatable bonds is 1. The van der Waals surface area contributed by atoms with Crippen molar-refractivity contribution in [1.82, 2.24) is 7.76 Å². The topological polar surface area (TPSA) is 17.8 Å². The van der Waals surface area contributed by atoms with E-state index in [9.17, 15) is 0 Å². The van der Waals surface area contributed by atoms with Gasteiger partial charge in [0.05, 0.1) is 33.9 Å². The van der Waals surface area contributed by atoms with Crippen molar-refractivity contribution in [3.05, 3.63) is 29.6 Å². The fourth-order valence-corrected chi connectivity index (χ4v) is 2.26. The molecule has 68 valence electrons. The second-order valence-corrected chi connectivity index (χ2v) is 4.09. The predicted octanol–water partition coefficient (Wildman–Crippen LogP) is 3.11. The van der Waals surface area contributed by atoms with E-state index in [1.165, 1.54) is 16.8 Å². The van der Waals surface area contributed by atoms with Crippen LogP contribution in [0.15, 0.2) is 18.3 Å². The van der Waals surface area contributed by atoms with Crippen LogP contribution in [0.2, 0.25) is 0 Å². The highest BCUT2D eigenvalue weighted by atomic mass is 127. The Labute approximate surface area is 91.5 Å². The summed E-state index contributed by atoms with van der Waals surface area (Å²) in [6.45, 7) is 4.28. The molecule has 0 aliphatic rings. The van der Waals surface area contributed by atoms with Crippen LogP contribution in [-0.2, 0) is 6.42 Å². The Hall–Kier alpha value is -0.580. The number of aromatic nitrogens is 2. The fourth-order valence-electron chi connectivity index (χ4n) is 1.56. The zero-order chi connectivity index (χ0) is 9.42. The van der Waals surface area contributed by atoms with Gasteiger partial charge in [0.25, 0.3) is 0 Å². The second-order valence-electron chi connectivity index (χ2n) is 3.12. The first-order valence-corrected chi connectivity index (χ1v) is 5.32. The molecule has 0 saturated carbocycles. The molecule has 0 radical (unpaired) electrons. The van der Waals surface area contributed by atoms with Crippen molar-refractivity contribution in [2.45, 2.75) is 20.3 Å². The van der Waals surface area contributed by atoms with E-state index in [4.69, 9.17) is 0 Å². The highest BCUT2D eigenvalue weighted by Gasteiger charge is 2.07. The van der Waals surface area contributed by atoms with Gasteiger partial charge in [-0.05, 0) is 31.0 Å². The lowest BCUT2D eigenvalue weighted by atomic mass is 10.2. The van der Waals surface area contributed by atoms with Gasteiger partial charge in [0.2, 0.25) is 0 Å². The number of pyridine rings is 1. The van der Waals surface area contributed by atoms with Gasteiger partial charge in [0, 0.05) is 11.9 Å². The Morgan fingerprint density at radius 1 is 1.54 bits per heavy atom. The van der Waals surface area contributed by atoms with E-state index in [-0.39, 0.29) is 0 Å². The van der Waals surface area contributed by atoms with Crippen LogP contribution in [0.1, 0.15) is 18.2 Å². The summed E-state index contributed by atoms with van der Waals surface area (Å²) in [6.07, 6.45) is 2.95. The maximum atomic E-state index is 4.35. The molecular weight excluding hydrogens is 275 g/mol.